The Hall–Kier alpha value is -5.16. The number of carbonyl (C=O) groups is 9. The number of carboxylic acid groups (broad SMARTS) is 1. The molecular weight excluding hydrogens is 1250 g/mol. The second-order valence-electron chi connectivity index (χ2n) is 24.1. The van der Waals surface area contributed by atoms with Crippen molar-refractivity contribution in [2.24, 2.45) is 5.73 Å². The van der Waals surface area contributed by atoms with E-state index >= 15 is 0 Å². The monoisotopic (exact) mass is 1360 g/mol. The summed E-state index contributed by atoms with van der Waals surface area (Å²) in [5.74, 6) is -7.54. The number of aliphatic carboxylic acids is 1. The molecule has 10 atom stereocenters. The maximum atomic E-state index is 14.1. The van der Waals surface area contributed by atoms with E-state index in [1.165, 1.54) is 104 Å². The number of unbranched alkanes of at least 4 members (excludes halogenated alkanes) is 23. The third kappa shape index (κ3) is 43.1. The van der Waals surface area contributed by atoms with Crippen molar-refractivity contribution >= 4 is 61.2 Å². The Kier molecular flexibility index (Phi) is 49.8. The van der Waals surface area contributed by atoms with Gasteiger partial charge >= 0.3 is 31.7 Å². The van der Waals surface area contributed by atoms with Gasteiger partial charge in [-0.2, -0.15) is 0 Å². The first kappa shape index (κ1) is 86.9. The molecule has 0 aromatic carbocycles. The summed E-state index contributed by atoms with van der Waals surface area (Å²) in [5, 5.41) is 50.4. The van der Waals surface area contributed by atoms with E-state index in [-0.39, 0.29) is 19.4 Å². The van der Waals surface area contributed by atoms with E-state index in [1.54, 1.807) is 0 Å². The van der Waals surface area contributed by atoms with Crippen LogP contribution in [0.1, 0.15) is 233 Å². The summed E-state index contributed by atoms with van der Waals surface area (Å²) < 4.78 is 50.4. The van der Waals surface area contributed by atoms with Crippen LogP contribution >= 0.6 is 7.82 Å². The zero-order chi connectivity index (χ0) is 69.9. The van der Waals surface area contributed by atoms with Crippen LogP contribution in [-0.2, 0) is 80.4 Å². The number of phosphoric acid groups is 1. The molecule has 11 N–H and O–H groups in total. The fourth-order valence-electron chi connectivity index (χ4n) is 10.4. The summed E-state index contributed by atoms with van der Waals surface area (Å²) in [6, 6.07) is -4.34. The lowest BCUT2D eigenvalue weighted by molar-refractivity contribution is -0.268. The quantitative estimate of drug-likeness (QED) is 0.0108. The van der Waals surface area contributed by atoms with Gasteiger partial charge in [-0.05, 0) is 58.9 Å². The van der Waals surface area contributed by atoms with E-state index in [4.69, 9.17) is 38.5 Å². The molecular formula is C65H117N6O22P. The van der Waals surface area contributed by atoms with Crippen molar-refractivity contribution in [3.63, 3.8) is 0 Å². The minimum atomic E-state index is -4.81. The minimum absolute atomic E-state index is 0.0891. The number of hydrogen-bond acceptors (Lipinski definition) is 21. The Morgan fingerprint density at radius 1 is 0.660 bits per heavy atom. The highest BCUT2D eigenvalue weighted by molar-refractivity contribution is 7.47. The molecule has 28 nitrogen and oxygen atoms in total. The second-order valence-corrected chi connectivity index (χ2v) is 25.5. The standard InChI is InChI=1S/C65H117N6O22P/c1-6-8-10-12-14-16-18-20-21-23-25-27-29-31-33-35-58(79)92-50(45-87-57(78)34-32-30-28-26-24-22-19-17-15-13-11-9-7-2)46-90-94(85,86)89-41-40-68-54(74)37-38-55(75)69-42-59(80)88-47-51(67-5)64(83)71(52(63(66)82)36-39-56(76)77)43-48(3)91-62-60(70-49(4)73)65(84)93-53(44-72)61(62)81/h20-21,48,50-53,60-62,65,67,72,81,84H,6-19,22-47H2,1-5H3,(H2,66,82)(H,68,74)(H,69,75)(H,70,73)(H,76,77)(H,85,86)/t48?,50-,51+,52-,53-,60-,61-,62-,65+/m1/s1. The summed E-state index contributed by atoms with van der Waals surface area (Å²) in [6.07, 6.45) is 23.5. The van der Waals surface area contributed by atoms with Gasteiger partial charge < -0.3 is 80.9 Å². The molecule has 0 spiro atoms. The molecule has 1 rings (SSSR count). The first-order chi connectivity index (χ1) is 45.0. The third-order valence-electron chi connectivity index (χ3n) is 15.7. The molecule has 544 valence electrons. The molecule has 0 aromatic heterocycles. The number of esters is 3. The van der Waals surface area contributed by atoms with E-state index in [0.717, 1.165) is 76.0 Å². The molecule has 1 heterocycles. The van der Waals surface area contributed by atoms with Crippen molar-refractivity contribution in [2.75, 3.05) is 59.7 Å². The van der Waals surface area contributed by atoms with Gasteiger partial charge in [0.1, 0.15) is 56.2 Å². The molecule has 1 aliphatic rings. The van der Waals surface area contributed by atoms with E-state index in [2.05, 4.69) is 47.3 Å². The molecule has 1 fully saturated rings. The van der Waals surface area contributed by atoms with Gasteiger partial charge in [0.2, 0.25) is 29.5 Å². The van der Waals surface area contributed by atoms with Crippen LogP contribution in [0, 0.1) is 0 Å². The van der Waals surface area contributed by atoms with Gasteiger partial charge in [-0.3, -0.25) is 52.2 Å². The molecule has 0 aliphatic carbocycles. The number of aliphatic hydroxyl groups is 3. The number of amides is 5. The fourth-order valence-corrected chi connectivity index (χ4v) is 11.1. The summed E-state index contributed by atoms with van der Waals surface area (Å²) in [4.78, 5) is 125. The number of rotatable bonds is 59. The van der Waals surface area contributed by atoms with Crippen molar-refractivity contribution in [2.45, 2.75) is 288 Å². The number of carboxylic acids is 1. The van der Waals surface area contributed by atoms with E-state index < -0.39 is 188 Å². The number of allylic oxidation sites excluding steroid dienone is 2. The average Bonchev–Trinajstić information content (AvgIpc) is 0.809. The van der Waals surface area contributed by atoms with E-state index in [0.29, 0.717) is 12.8 Å². The van der Waals surface area contributed by atoms with Crippen LogP contribution in [0.25, 0.3) is 0 Å². The molecule has 1 saturated heterocycles. The van der Waals surface area contributed by atoms with Gasteiger partial charge in [-0.25, -0.2) is 4.57 Å². The highest BCUT2D eigenvalue weighted by atomic mass is 31.2. The Bertz CT molecular complexity index is 2230. The fraction of sp³-hybridized carbons (Fsp3) is 0.831. The van der Waals surface area contributed by atoms with Crippen molar-refractivity contribution in [3.05, 3.63) is 12.2 Å². The van der Waals surface area contributed by atoms with Crippen LogP contribution in [0.2, 0.25) is 0 Å². The number of likely N-dealkylation sites (N-methyl/N-ethyl adjacent to an activating group) is 1. The maximum Gasteiger partial charge on any atom is 0.472 e. The highest BCUT2D eigenvalue weighted by Gasteiger charge is 2.47. The second kappa shape index (κ2) is 53.9. The zero-order valence-electron chi connectivity index (χ0n) is 56.8. The number of nitrogens with two attached hydrogens (primary N) is 1. The number of phosphoric ester groups is 1. The number of ether oxygens (including phenoxy) is 5. The van der Waals surface area contributed by atoms with Crippen molar-refractivity contribution in [1.82, 2.24) is 26.2 Å². The number of nitrogens with one attached hydrogen (secondary N) is 4. The number of nitrogens with zero attached hydrogens (tertiary/aromatic N) is 1. The van der Waals surface area contributed by atoms with Crippen LogP contribution in [0.15, 0.2) is 12.2 Å². The van der Waals surface area contributed by atoms with E-state index in [1.807, 2.05) is 0 Å². The Morgan fingerprint density at radius 3 is 1.68 bits per heavy atom. The van der Waals surface area contributed by atoms with Gasteiger partial charge in [0.05, 0.1) is 25.9 Å². The minimum Gasteiger partial charge on any atom is -0.481 e. The van der Waals surface area contributed by atoms with Crippen LogP contribution < -0.4 is 27.0 Å². The first-order valence-electron chi connectivity index (χ1n) is 34.3. The Balaban J connectivity index is 2.72. The van der Waals surface area contributed by atoms with Gasteiger partial charge in [0.25, 0.3) is 0 Å². The largest absolute Gasteiger partial charge is 0.481 e. The van der Waals surface area contributed by atoms with Gasteiger partial charge in [0.15, 0.2) is 12.4 Å². The molecule has 5 amide bonds. The molecule has 0 bridgehead atoms. The van der Waals surface area contributed by atoms with Crippen LogP contribution in [0.3, 0.4) is 0 Å². The average molecular weight is 1370 g/mol. The predicted octanol–water partition coefficient (Wildman–Crippen LogP) is 6.13. The molecule has 94 heavy (non-hydrogen) atoms. The summed E-state index contributed by atoms with van der Waals surface area (Å²) in [5.41, 5.74) is 5.65. The lowest BCUT2D eigenvalue weighted by Gasteiger charge is -2.44. The number of primary amides is 1. The lowest BCUT2D eigenvalue weighted by Crippen LogP contribution is -2.65. The molecule has 1 aliphatic heterocycles. The Morgan fingerprint density at radius 2 is 1.17 bits per heavy atom. The molecule has 0 aromatic rings. The zero-order valence-corrected chi connectivity index (χ0v) is 57.7. The maximum absolute atomic E-state index is 14.1. The summed E-state index contributed by atoms with van der Waals surface area (Å²) in [7, 11) is -3.49. The first-order valence-corrected chi connectivity index (χ1v) is 35.8. The molecule has 29 heteroatoms. The normalized spacial score (nSPS) is 18.2. The van der Waals surface area contributed by atoms with Gasteiger partial charge in [-0.1, -0.05) is 154 Å². The third-order valence-corrected chi connectivity index (χ3v) is 16.7. The molecule has 0 saturated carbocycles. The number of aliphatic hydroxyl groups excluding tert-OH is 3. The van der Waals surface area contributed by atoms with Crippen molar-refractivity contribution in [3.8, 4) is 0 Å². The van der Waals surface area contributed by atoms with Gasteiger partial charge in [-0.15, -0.1) is 0 Å². The van der Waals surface area contributed by atoms with Crippen LogP contribution in [-0.4, -0.2) is 198 Å². The number of carbonyl (C=O) groups excluding carboxylic acids is 8. The van der Waals surface area contributed by atoms with Crippen molar-refractivity contribution < 1.29 is 106 Å². The molecule has 2 unspecified atom stereocenters. The Labute approximate surface area is 556 Å². The van der Waals surface area contributed by atoms with Crippen LogP contribution in [0.4, 0.5) is 0 Å². The molecule has 0 radical (unpaired) electrons. The summed E-state index contributed by atoms with van der Waals surface area (Å²) in [6.45, 7) is 2.42. The topological polar surface area (TPSA) is 414 Å². The van der Waals surface area contributed by atoms with Gasteiger partial charge in [0, 0.05) is 52.1 Å². The SMILES string of the molecule is CCCCCCCCC=CCCCCCCCC(=O)O[C@H](COC(=O)CCCCCCCCCCCCCCC)COP(=O)(O)OCCNC(=O)CCC(=O)NCC(=O)OC[C@H](NC)C(=O)N(CC(C)O[C@H]1[C@H](O)[C@@H](CO)O[C@H](O)[C@@H]1NC(C)=O)[C@H](CCC(=O)O)C(N)=O. The predicted molar refractivity (Wildman–Crippen MR) is 349 cm³/mol. The summed E-state index contributed by atoms with van der Waals surface area (Å²) >= 11 is 0. The van der Waals surface area contributed by atoms with Crippen LogP contribution in [0.5, 0.6) is 0 Å². The number of hydrogen-bond donors (Lipinski definition) is 10. The van der Waals surface area contributed by atoms with E-state index in [9.17, 15) is 73.0 Å². The van der Waals surface area contributed by atoms with Crippen molar-refractivity contribution in [1.29, 1.82) is 0 Å². The lowest BCUT2D eigenvalue weighted by atomic mass is 9.96. The highest BCUT2D eigenvalue weighted by Crippen LogP contribution is 2.43. The smallest absolute Gasteiger partial charge is 0.472 e.